The number of ketones is 1. The van der Waals surface area contributed by atoms with Crippen molar-refractivity contribution in [3.05, 3.63) is 56.2 Å². The molecule has 2 aromatic rings. The molecule has 0 fully saturated rings. The lowest BCUT2D eigenvalue weighted by Crippen LogP contribution is -2.32. The number of hydrogen-bond acceptors (Lipinski definition) is 4. The van der Waals surface area contributed by atoms with E-state index in [0.29, 0.717) is 27.3 Å². The SMILES string of the molecule is O=C(CN(CCO)Cc1ccccc1)c1cc(Cl)sc1Cl. The molecule has 0 saturated heterocycles. The summed E-state index contributed by atoms with van der Waals surface area (Å²) in [5, 5.41) is 9.16. The Balaban J connectivity index is 2.05. The van der Waals surface area contributed by atoms with Crippen LogP contribution in [0.4, 0.5) is 0 Å². The first-order valence-electron chi connectivity index (χ1n) is 6.45. The van der Waals surface area contributed by atoms with Crippen LogP contribution in [0.1, 0.15) is 15.9 Å². The molecular formula is C15H15Cl2NO2S. The molecule has 0 saturated carbocycles. The molecule has 0 bridgehead atoms. The van der Waals surface area contributed by atoms with E-state index in [-0.39, 0.29) is 18.9 Å². The van der Waals surface area contributed by atoms with Crippen LogP contribution in [-0.4, -0.2) is 35.5 Å². The van der Waals surface area contributed by atoms with Crippen LogP contribution >= 0.6 is 34.5 Å². The molecule has 112 valence electrons. The molecule has 1 aromatic heterocycles. The minimum Gasteiger partial charge on any atom is -0.395 e. The van der Waals surface area contributed by atoms with Gasteiger partial charge in [0, 0.05) is 13.1 Å². The summed E-state index contributed by atoms with van der Waals surface area (Å²) in [6, 6.07) is 11.4. The van der Waals surface area contributed by atoms with Crippen molar-refractivity contribution in [2.75, 3.05) is 19.7 Å². The predicted molar refractivity (Wildman–Crippen MR) is 87.5 cm³/mol. The van der Waals surface area contributed by atoms with Gasteiger partial charge in [-0.1, -0.05) is 53.5 Å². The molecule has 1 aromatic carbocycles. The first-order chi connectivity index (χ1) is 10.1. The van der Waals surface area contributed by atoms with Gasteiger partial charge in [-0.2, -0.15) is 0 Å². The van der Waals surface area contributed by atoms with E-state index in [1.807, 2.05) is 35.2 Å². The average Bonchev–Trinajstić information content (AvgIpc) is 2.79. The van der Waals surface area contributed by atoms with Crippen LogP contribution in [0.5, 0.6) is 0 Å². The molecule has 0 aliphatic carbocycles. The Morgan fingerprint density at radius 2 is 1.95 bits per heavy atom. The van der Waals surface area contributed by atoms with Crippen molar-refractivity contribution in [3.63, 3.8) is 0 Å². The Hall–Kier alpha value is -0.910. The molecule has 0 radical (unpaired) electrons. The van der Waals surface area contributed by atoms with Gasteiger partial charge in [-0.05, 0) is 11.6 Å². The Morgan fingerprint density at radius 3 is 2.52 bits per heavy atom. The van der Waals surface area contributed by atoms with E-state index in [9.17, 15) is 4.79 Å². The van der Waals surface area contributed by atoms with E-state index in [1.165, 1.54) is 11.3 Å². The lowest BCUT2D eigenvalue weighted by molar-refractivity contribution is 0.0909. The second-order valence-corrected chi connectivity index (χ2v) is 6.87. The van der Waals surface area contributed by atoms with Gasteiger partial charge in [0.1, 0.15) is 4.34 Å². The first-order valence-corrected chi connectivity index (χ1v) is 8.02. The van der Waals surface area contributed by atoms with E-state index in [0.717, 1.165) is 5.56 Å². The van der Waals surface area contributed by atoms with Crippen LogP contribution in [0.2, 0.25) is 8.67 Å². The van der Waals surface area contributed by atoms with Gasteiger partial charge in [0.15, 0.2) is 5.78 Å². The molecule has 1 N–H and O–H groups in total. The fraction of sp³-hybridized carbons (Fsp3) is 0.267. The summed E-state index contributed by atoms with van der Waals surface area (Å²) in [5.41, 5.74) is 1.54. The van der Waals surface area contributed by atoms with Gasteiger partial charge in [-0.3, -0.25) is 9.69 Å². The number of hydrogen-bond donors (Lipinski definition) is 1. The standard InChI is InChI=1S/C15H15Cl2NO2S/c16-14-8-12(15(17)21-14)13(20)10-18(6-7-19)9-11-4-2-1-3-5-11/h1-5,8,19H,6-7,9-10H2. The van der Waals surface area contributed by atoms with E-state index < -0.39 is 0 Å². The van der Waals surface area contributed by atoms with Gasteiger partial charge < -0.3 is 5.11 Å². The molecule has 0 amide bonds. The lowest BCUT2D eigenvalue weighted by atomic mass is 10.1. The van der Waals surface area contributed by atoms with Crippen molar-refractivity contribution in [1.82, 2.24) is 4.90 Å². The van der Waals surface area contributed by atoms with Gasteiger partial charge in [-0.15, -0.1) is 11.3 Å². The molecule has 21 heavy (non-hydrogen) atoms. The van der Waals surface area contributed by atoms with E-state index >= 15 is 0 Å². The number of rotatable bonds is 7. The minimum atomic E-state index is -0.0902. The zero-order chi connectivity index (χ0) is 15.2. The highest BCUT2D eigenvalue weighted by atomic mass is 35.5. The average molecular weight is 344 g/mol. The number of aliphatic hydroxyl groups excluding tert-OH is 1. The topological polar surface area (TPSA) is 40.5 Å². The monoisotopic (exact) mass is 343 g/mol. The predicted octanol–water partition coefficient (Wildman–Crippen LogP) is 3.73. The fourth-order valence-corrected chi connectivity index (χ4v) is 3.51. The van der Waals surface area contributed by atoms with Crippen molar-refractivity contribution in [3.8, 4) is 0 Å². The van der Waals surface area contributed by atoms with Gasteiger partial charge in [0.25, 0.3) is 0 Å². The van der Waals surface area contributed by atoms with Crippen LogP contribution < -0.4 is 0 Å². The number of Topliss-reactive ketones (excluding diaryl/α,β-unsaturated/α-hetero) is 1. The largest absolute Gasteiger partial charge is 0.395 e. The zero-order valence-corrected chi connectivity index (χ0v) is 13.6. The van der Waals surface area contributed by atoms with E-state index in [4.69, 9.17) is 28.3 Å². The van der Waals surface area contributed by atoms with Crippen LogP contribution in [0, 0.1) is 0 Å². The van der Waals surface area contributed by atoms with Crippen LogP contribution in [-0.2, 0) is 6.54 Å². The third kappa shape index (κ3) is 4.80. The Labute approximate surface area is 137 Å². The summed E-state index contributed by atoms with van der Waals surface area (Å²) in [7, 11) is 0. The Kier molecular flexibility index (Phi) is 6.21. The molecule has 0 unspecified atom stereocenters. The summed E-state index contributed by atoms with van der Waals surface area (Å²) >= 11 is 13.1. The van der Waals surface area contributed by atoms with Crippen molar-refractivity contribution < 1.29 is 9.90 Å². The molecule has 0 spiro atoms. The molecular weight excluding hydrogens is 329 g/mol. The fourth-order valence-electron chi connectivity index (χ4n) is 2.02. The number of carbonyl (C=O) groups excluding carboxylic acids is 1. The van der Waals surface area contributed by atoms with Crippen LogP contribution in [0.25, 0.3) is 0 Å². The number of aliphatic hydroxyl groups is 1. The van der Waals surface area contributed by atoms with Crippen LogP contribution in [0.3, 0.4) is 0 Å². The Bertz CT molecular complexity index is 601. The first kappa shape index (κ1) is 16.5. The van der Waals surface area contributed by atoms with E-state index in [1.54, 1.807) is 6.07 Å². The number of thiophene rings is 1. The van der Waals surface area contributed by atoms with Gasteiger partial charge >= 0.3 is 0 Å². The number of carbonyl (C=O) groups is 1. The second kappa shape index (κ2) is 7.92. The summed E-state index contributed by atoms with van der Waals surface area (Å²) < 4.78 is 0.911. The number of halogens is 2. The lowest BCUT2D eigenvalue weighted by Gasteiger charge is -2.20. The molecule has 0 atom stereocenters. The zero-order valence-electron chi connectivity index (χ0n) is 11.3. The summed E-state index contributed by atoms with van der Waals surface area (Å²) in [5.74, 6) is -0.0902. The molecule has 3 nitrogen and oxygen atoms in total. The highest BCUT2D eigenvalue weighted by Gasteiger charge is 2.17. The second-order valence-electron chi connectivity index (χ2n) is 4.58. The van der Waals surface area contributed by atoms with Crippen molar-refractivity contribution in [2.24, 2.45) is 0 Å². The van der Waals surface area contributed by atoms with Gasteiger partial charge in [0.05, 0.1) is 23.1 Å². The summed E-state index contributed by atoms with van der Waals surface area (Å²) in [6.45, 7) is 1.22. The maximum absolute atomic E-state index is 12.3. The third-order valence-electron chi connectivity index (χ3n) is 2.99. The maximum Gasteiger partial charge on any atom is 0.179 e. The third-order valence-corrected chi connectivity index (χ3v) is 4.48. The quantitative estimate of drug-likeness (QED) is 0.778. The molecule has 2 rings (SSSR count). The van der Waals surface area contributed by atoms with Crippen LogP contribution in [0.15, 0.2) is 36.4 Å². The molecule has 0 aliphatic rings. The highest BCUT2D eigenvalue weighted by Crippen LogP contribution is 2.31. The number of benzene rings is 1. The number of nitrogens with zero attached hydrogens (tertiary/aromatic N) is 1. The summed E-state index contributed by atoms with van der Waals surface area (Å²) in [6.07, 6.45) is 0. The normalized spacial score (nSPS) is 11.0. The minimum absolute atomic E-state index is 0.00175. The molecule has 6 heteroatoms. The molecule has 1 heterocycles. The Morgan fingerprint density at radius 1 is 1.24 bits per heavy atom. The highest BCUT2D eigenvalue weighted by molar-refractivity contribution is 7.20. The van der Waals surface area contributed by atoms with Gasteiger partial charge in [-0.25, -0.2) is 0 Å². The van der Waals surface area contributed by atoms with Crippen molar-refractivity contribution in [2.45, 2.75) is 6.54 Å². The molecule has 0 aliphatic heterocycles. The van der Waals surface area contributed by atoms with Gasteiger partial charge in [0.2, 0.25) is 0 Å². The maximum atomic E-state index is 12.3. The smallest absolute Gasteiger partial charge is 0.179 e. The summed E-state index contributed by atoms with van der Waals surface area (Å²) in [4.78, 5) is 14.2. The van der Waals surface area contributed by atoms with Crippen molar-refractivity contribution in [1.29, 1.82) is 0 Å². The van der Waals surface area contributed by atoms with Crippen molar-refractivity contribution >= 4 is 40.3 Å². The van der Waals surface area contributed by atoms with E-state index in [2.05, 4.69) is 0 Å².